The van der Waals surface area contributed by atoms with E-state index >= 15 is 0 Å². The largest absolute Gasteiger partial charge is 0.494 e. The Morgan fingerprint density at radius 1 is 1.16 bits per heavy atom. The molecule has 0 radical (unpaired) electrons. The fraction of sp³-hybridized carbons (Fsp3) is 0.375. The van der Waals surface area contributed by atoms with Crippen molar-refractivity contribution < 1.29 is 9.15 Å². The van der Waals surface area contributed by atoms with Crippen LogP contribution in [0.3, 0.4) is 0 Å². The molecule has 0 saturated carbocycles. The van der Waals surface area contributed by atoms with Gasteiger partial charge < -0.3 is 14.5 Å². The molecule has 0 amide bonds. The van der Waals surface area contributed by atoms with Crippen LogP contribution >= 0.6 is 0 Å². The Kier molecular flexibility index (Phi) is 5.04. The van der Waals surface area contributed by atoms with Gasteiger partial charge >= 0.3 is 0 Å². The summed E-state index contributed by atoms with van der Waals surface area (Å²) in [6.07, 6.45) is 2.73. The fourth-order valence-corrected chi connectivity index (χ4v) is 2.02. The molecule has 0 bridgehead atoms. The zero-order valence-corrected chi connectivity index (χ0v) is 11.6. The summed E-state index contributed by atoms with van der Waals surface area (Å²) in [4.78, 5) is 0. The van der Waals surface area contributed by atoms with Gasteiger partial charge in [0.05, 0.1) is 18.9 Å². The molecule has 1 N–H and O–H groups in total. The Morgan fingerprint density at radius 2 is 1.95 bits per heavy atom. The van der Waals surface area contributed by atoms with Gasteiger partial charge in [-0.2, -0.15) is 0 Å². The number of nitrogens with one attached hydrogen (secondary N) is 1. The third-order valence-electron chi connectivity index (χ3n) is 2.92. The zero-order chi connectivity index (χ0) is 13.5. The van der Waals surface area contributed by atoms with Gasteiger partial charge in [-0.25, -0.2) is 0 Å². The average Bonchev–Trinajstić information content (AvgIpc) is 2.97. The van der Waals surface area contributed by atoms with Crippen LogP contribution in [-0.4, -0.2) is 13.2 Å². The van der Waals surface area contributed by atoms with Gasteiger partial charge in [-0.05, 0) is 42.8 Å². The molecule has 1 heterocycles. The normalized spacial score (nSPS) is 12.3. The van der Waals surface area contributed by atoms with E-state index in [0.717, 1.165) is 31.1 Å². The van der Waals surface area contributed by atoms with E-state index in [1.54, 1.807) is 6.26 Å². The van der Waals surface area contributed by atoms with Crippen molar-refractivity contribution in [1.29, 1.82) is 0 Å². The van der Waals surface area contributed by atoms with E-state index in [-0.39, 0.29) is 6.04 Å². The predicted octanol–water partition coefficient (Wildman–Crippen LogP) is 3.77. The van der Waals surface area contributed by atoms with Gasteiger partial charge in [0, 0.05) is 0 Å². The fourth-order valence-electron chi connectivity index (χ4n) is 2.02. The van der Waals surface area contributed by atoms with E-state index in [2.05, 4.69) is 31.3 Å². The van der Waals surface area contributed by atoms with Gasteiger partial charge in [0.1, 0.15) is 11.5 Å². The first-order chi connectivity index (χ1) is 9.35. The summed E-state index contributed by atoms with van der Waals surface area (Å²) in [5, 5.41) is 3.43. The number of hydrogen-bond donors (Lipinski definition) is 1. The lowest BCUT2D eigenvalue weighted by Crippen LogP contribution is -2.21. The maximum Gasteiger partial charge on any atom is 0.125 e. The third kappa shape index (κ3) is 3.61. The Balaban J connectivity index is 2.13. The van der Waals surface area contributed by atoms with E-state index < -0.39 is 0 Å². The maximum absolute atomic E-state index is 5.60. The lowest BCUT2D eigenvalue weighted by Gasteiger charge is -2.16. The molecule has 1 aromatic heterocycles. The average molecular weight is 259 g/mol. The molecule has 19 heavy (non-hydrogen) atoms. The molecule has 0 fully saturated rings. The number of furan rings is 1. The first-order valence-corrected chi connectivity index (χ1v) is 6.84. The van der Waals surface area contributed by atoms with Crippen LogP contribution in [0.4, 0.5) is 0 Å². The van der Waals surface area contributed by atoms with Crippen molar-refractivity contribution in [3.63, 3.8) is 0 Å². The molecule has 2 aromatic rings. The van der Waals surface area contributed by atoms with Crippen molar-refractivity contribution in [1.82, 2.24) is 5.32 Å². The number of benzene rings is 1. The van der Waals surface area contributed by atoms with E-state index in [0.29, 0.717) is 0 Å². The number of hydrogen-bond acceptors (Lipinski definition) is 3. The van der Waals surface area contributed by atoms with Gasteiger partial charge in [0.2, 0.25) is 0 Å². The van der Waals surface area contributed by atoms with Crippen molar-refractivity contribution in [3.8, 4) is 5.75 Å². The summed E-state index contributed by atoms with van der Waals surface area (Å²) in [5.74, 6) is 1.85. The summed E-state index contributed by atoms with van der Waals surface area (Å²) in [7, 11) is 0. The Hall–Kier alpha value is -1.74. The molecule has 3 nitrogen and oxygen atoms in total. The SMILES string of the molecule is CCCOc1ccc(C(NCC)c2ccco2)cc1. The molecule has 0 spiro atoms. The monoisotopic (exact) mass is 259 g/mol. The lowest BCUT2D eigenvalue weighted by atomic mass is 10.0. The van der Waals surface area contributed by atoms with Gasteiger partial charge in [-0.3, -0.25) is 0 Å². The van der Waals surface area contributed by atoms with Gasteiger partial charge in [0.15, 0.2) is 0 Å². The molecule has 1 aromatic carbocycles. The smallest absolute Gasteiger partial charge is 0.125 e. The van der Waals surface area contributed by atoms with Crippen LogP contribution in [0.15, 0.2) is 47.1 Å². The van der Waals surface area contributed by atoms with E-state index in [1.165, 1.54) is 5.56 Å². The van der Waals surface area contributed by atoms with Crippen molar-refractivity contribution in [2.24, 2.45) is 0 Å². The predicted molar refractivity (Wildman–Crippen MR) is 76.5 cm³/mol. The molecule has 0 saturated heterocycles. The van der Waals surface area contributed by atoms with Gasteiger partial charge in [0.25, 0.3) is 0 Å². The third-order valence-corrected chi connectivity index (χ3v) is 2.92. The minimum absolute atomic E-state index is 0.0974. The quantitative estimate of drug-likeness (QED) is 0.822. The summed E-state index contributed by atoms with van der Waals surface area (Å²) in [5.41, 5.74) is 1.18. The zero-order valence-electron chi connectivity index (χ0n) is 11.6. The molecular weight excluding hydrogens is 238 g/mol. The standard InChI is InChI=1S/C16H21NO2/c1-3-11-18-14-9-7-13(8-10-14)16(17-4-2)15-6-5-12-19-15/h5-10,12,16-17H,3-4,11H2,1-2H3. The highest BCUT2D eigenvalue weighted by atomic mass is 16.5. The molecule has 1 atom stereocenters. The first-order valence-electron chi connectivity index (χ1n) is 6.84. The molecule has 1 unspecified atom stereocenters. The van der Waals surface area contributed by atoms with Crippen molar-refractivity contribution >= 4 is 0 Å². The summed E-state index contributed by atoms with van der Waals surface area (Å²) in [6, 6.07) is 12.2. The highest BCUT2D eigenvalue weighted by molar-refractivity contribution is 5.32. The second kappa shape index (κ2) is 7.00. The molecule has 3 heteroatoms. The Bertz CT molecular complexity index is 462. The van der Waals surface area contributed by atoms with Crippen LogP contribution in [0.25, 0.3) is 0 Å². The molecule has 2 rings (SSSR count). The maximum atomic E-state index is 5.60. The van der Waals surface area contributed by atoms with Gasteiger partial charge in [-0.1, -0.05) is 26.0 Å². The van der Waals surface area contributed by atoms with E-state index in [9.17, 15) is 0 Å². The highest BCUT2D eigenvalue weighted by Crippen LogP contribution is 2.24. The number of ether oxygens (including phenoxy) is 1. The molecule has 102 valence electrons. The molecule has 0 aliphatic rings. The highest BCUT2D eigenvalue weighted by Gasteiger charge is 2.15. The van der Waals surface area contributed by atoms with E-state index in [4.69, 9.17) is 9.15 Å². The summed E-state index contributed by atoms with van der Waals surface area (Å²) in [6.45, 7) is 5.84. The minimum atomic E-state index is 0.0974. The summed E-state index contributed by atoms with van der Waals surface area (Å²) < 4.78 is 11.1. The van der Waals surface area contributed by atoms with Crippen LogP contribution in [-0.2, 0) is 0 Å². The number of rotatable bonds is 7. The van der Waals surface area contributed by atoms with Crippen molar-refractivity contribution in [2.75, 3.05) is 13.2 Å². The van der Waals surface area contributed by atoms with Gasteiger partial charge in [-0.15, -0.1) is 0 Å². The molecular formula is C16H21NO2. The lowest BCUT2D eigenvalue weighted by molar-refractivity contribution is 0.317. The first kappa shape index (κ1) is 13.7. The van der Waals surface area contributed by atoms with Crippen LogP contribution in [0.2, 0.25) is 0 Å². The minimum Gasteiger partial charge on any atom is -0.494 e. The van der Waals surface area contributed by atoms with Crippen molar-refractivity contribution in [3.05, 3.63) is 54.0 Å². The molecule has 0 aliphatic heterocycles. The summed E-state index contributed by atoms with van der Waals surface area (Å²) >= 11 is 0. The van der Waals surface area contributed by atoms with Crippen LogP contribution < -0.4 is 10.1 Å². The molecule has 0 aliphatic carbocycles. The van der Waals surface area contributed by atoms with Crippen LogP contribution in [0.5, 0.6) is 5.75 Å². The Morgan fingerprint density at radius 3 is 2.53 bits per heavy atom. The Labute approximate surface area is 114 Å². The van der Waals surface area contributed by atoms with E-state index in [1.807, 2.05) is 24.3 Å². The van der Waals surface area contributed by atoms with Crippen LogP contribution in [0, 0.1) is 0 Å². The topological polar surface area (TPSA) is 34.4 Å². The van der Waals surface area contributed by atoms with Crippen LogP contribution in [0.1, 0.15) is 37.6 Å². The van der Waals surface area contributed by atoms with Crippen molar-refractivity contribution in [2.45, 2.75) is 26.3 Å². The second-order valence-corrected chi connectivity index (χ2v) is 4.42. The second-order valence-electron chi connectivity index (χ2n) is 4.42.